The Hall–Kier alpha value is -0.120. The van der Waals surface area contributed by atoms with Gasteiger partial charge in [0.15, 0.2) is 0 Å². The van der Waals surface area contributed by atoms with E-state index in [4.69, 9.17) is 0 Å². The van der Waals surface area contributed by atoms with Gasteiger partial charge >= 0.3 is 0 Å². The van der Waals surface area contributed by atoms with Crippen LogP contribution < -0.4 is 5.32 Å². The summed E-state index contributed by atoms with van der Waals surface area (Å²) in [5.74, 6) is 0. The first-order valence-electron chi connectivity index (χ1n) is 8.25. The van der Waals surface area contributed by atoms with Crippen molar-refractivity contribution in [2.45, 2.75) is 52.0 Å². The van der Waals surface area contributed by atoms with Gasteiger partial charge in [-0.2, -0.15) is 0 Å². The zero-order valence-electron chi connectivity index (χ0n) is 13.2. The van der Waals surface area contributed by atoms with Crippen molar-refractivity contribution in [3.8, 4) is 0 Å². The molecule has 0 spiro atoms. The van der Waals surface area contributed by atoms with Crippen molar-refractivity contribution in [2.24, 2.45) is 5.41 Å². The molecule has 112 valence electrons. The molecule has 2 saturated heterocycles. The SMILES string of the molecule is CCCNC1CCN(CC2(C)CCN(C)CC2)CC1. The van der Waals surface area contributed by atoms with Crippen LogP contribution in [0.25, 0.3) is 0 Å². The molecule has 2 heterocycles. The second kappa shape index (κ2) is 7.05. The van der Waals surface area contributed by atoms with Gasteiger partial charge in [-0.05, 0) is 77.3 Å². The van der Waals surface area contributed by atoms with E-state index in [-0.39, 0.29) is 0 Å². The van der Waals surface area contributed by atoms with Crippen LogP contribution in [0, 0.1) is 5.41 Å². The van der Waals surface area contributed by atoms with Crippen LogP contribution in [-0.4, -0.2) is 62.2 Å². The van der Waals surface area contributed by atoms with E-state index in [0.29, 0.717) is 5.41 Å². The summed E-state index contributed by atoms with van der Waals surface area (Å²) in [5.41, 5.74) is 0.566. The Balaban J connectivity index is 1.70. The summed E-state index contributed by atoms with van der Waals surface area (Å²) < 4.78 is 0. The minimum atomic E-state index is 0.566. The van der Waals surface area contributed by atoms with Crippen molar-refractivity contribution in [1.82, 2.24) is 15.1 Å². The van der Waals surface area contributed by atoms with Gasteiger partial charge in [-0.3, -0.25) is 0 Å². The molecule has 0 unspecified atom stereocenters. The van der Waals surface area contributed by atoms with Gasteiger partial charge in [0.05, 0.1) is 0 Å². The predicted octanol–water partition coefficient (Wildman–Crippen LogP) is 2.18. The van der Waals surface area contributed by atoms with Crippen LogP contribution in [0.1, 0.15) is 46.0 Å². The lowest BCUT2D eigenvalue weighted by Gasteiger charge is -2.43. The van der Waals surface area contributed by atoms with Crippen LogP contribution in [-0.2, 0) is 0 Å². The van der Waals surface area contributed by atoms with E-state index in [0.717, 1.165) is 6.04 Å². The van der Waals surface area contributed by atoms with E-state index < -0.39 is 0 Å². The molecule has 0 aliphatic carbocycles. The van der Waals surface area contributed by atoms with Crippen LogP contribution in [0.3, 0.4) is 0 Å². The molecule has 0 aromatic rings. The minimum absolute atomic E-state index is 0.566. The van der Waals surface area contributed by atoms with Crippen molar-refractivity contribution in [3.63, 3.8) is 0 Å². The third kappa shape index (κ3) is 4.73. The van der Waals surface area contributed by atoms with Crippen LogP contribution >= 0.6 is 0 Å². The molecule has 2 aliphatic rings. The zero-order valence-corrected chi connectivity index (χ0v) is 13.2. The predicted molar refractivity (Wildman–Crippen MR) is 82.6 cm³/mol. The standard InChI is InChI=1S/C16H33N3/c1-4-9-17-15-5-10-19(11-6-15)14-16(2)7-12-18(3)13-8-16/h15,17H,4-14H2,1-3H3. The maximum atomic E-state index is 3.68. The van der Waals surface area contributed by atoms with E-state index in [1.165, 1.54) is 71.4 Å². The van der Waals surface area contributed by atoms with E-state index in [1.807, 2.05) is 0 Å². The molecule has 0 aromatic heterocycles. The maximum absolute atomic E-state index is 3.68. The average molecular weight is 267 g/mol. The van der Waals surface area contributed by atoms with E-state index >= 15 is 0 Å². The molecule has 3 nitrogen and oxygen atoms in total. The lowest BCUT2D eigenvalue weighted by molar-refractivity contribution is 0.0720. The Morgan fingerprint density at radius 2 is 1.74 bits per heavy atom. The molecular weight excluding hydrogens is 234 g/mol. The number of hydrogen-bond donors (Lipinski definition) is 1. The van der Waals surface area contributed by atoms with Crippen molar-refractivity contribution >= 4 is 0 Å². The zero-order chi connectivity index (χ0) is 13.7. The number of nitrogens with zero attached hydrogens (tertiary/aromatic N) is 2. The lowest BCUT2D eigenvalue weighted by Crippen LogP contribution is -2.48. The topological polar surface area (TPSA) is 18.5 Å². The Morgan fingerprint density at radius 3 is 2.32 bits per heavy atom. The Bertz CT molecular complexity index is 251. The quantitative estimate of drug-likeness (QED) is 0.824. The number of likely N-dealkylation sites (tertiary alicyclic amines) is 2. The van der Waals surface area contributed by atoms with Gasteiger partial charge in [0, 0.05) is 12.6 Å². The van der Waals surface area contributed by atoms with Crippen molar-refractivity contribution < 1.29 is 0 Å². The van der Waals surface area contributed by atoms with Crippen molar-refractivity contribution in [3.05, 3.63) is 0 Å². The van der Waals surface area contributed by atoms with Crippen LogP contribution in [0.15, 0.2) is 0 Å². The fraction of sp³-hybridized carbons (Fsp3) is 1.00. The number of rotatable bonds is 5. The number of hydrogen-bond acceptors (Lipinski definition) is 3. The monoisotopic (exact) mass is 267 g/mol. The summed E-state index contributed by atoms with van der Waals surface area (Å²) in [5, 5.41) is 3.68. The van der Waals surface area contributed by atoms with Gasteiger partial charge in [-0.25, -0.2) is 0 Å². The van der Waals surface area contributed by atoms with Crippen LogP contribution in [0.5, 0.6) is 0 Å². The molecule has 3 heteroatoms. The Morgan fingerprint density at radius 1 is 1.11 bits per heavy atom. The molecular formula is C16H33N3. The first-order chi connectivity index (χ1) is 9.11. The third-order valence-corrected chi connectivity index (χ3v) is 5.07. The molecule has 0 bridgehead atoms. The molecule has 0 amide bonds. The van der Waals surface area contributed by atoms with Crippen molar-refractivity contribution in [2.75, 3.05) is 46.3 Å². The fourth-order valence-corrected chi connectivity index (χ4v) is 3.50. The Kier molecular flexibility index (Phi) is 5.67. The third-order valence-electron chi connectivity index (χ3n) is 5.07. The van der Waals surface area contributed by atoms with Gasteiger partial charge in [-0.15, -0.1) is 0 Å². The van der Waals surface area contributed by atoms with Crippen molar-refractivity contribution in [1.29, 1.82) is 0 Å². The van der Waals surface area contributed by atoms with Crippen LogP contribution in [0.4, 0.5) is 0 Å². The molecule has 19 heavy (non-hydrogen) atoms. The number of piperidine rings is 2. The highest BCUT2D eigenvalue weighted by molar-refractivity contribution is 4.86. The van der Waals surface area contributed by atoms with E-state index in [2.05, 4.69) is 36.0 Å². The summed E-state index contributed by atoms with van der Waals surface area (Å²) >= 11 is 0. The van der Waals surface area contributed by atoms with E-state index in [1.54, 1.807) is 0 Å². The second-order valence-electron chi connectivity index (χ2n) is 7.12. The first kappa shape index (κ1) is 15.3. The number of nitrogens with one attached hydrogen (secondary N) is 1. The highest BCUT2D eigenvalue weighted by atomic mass is 15.2. The van der Waals surface area contributed by atoms with Gasteiger partial charge in [0.1, 0.15) is 0 Å². The first-order valence-corrected chi connectivity index (χ1v) is 8.25. The van der Waals surface area contributed by atoms with Gasteiger partial charge in [-0.1, -0.05) is 13.8 Å². The molecule has 0 atom stereocenters. The smallest absolute Gasteiger partial charge is 0.00914 e. The summed E-state index contributed by atoms with van der Waals surface area (Å²) in [4.78, 5) is 5.19. The van der Waals surface area contributed by atoms with Gasteiger partial charge < -0.3 is 15.1 Å². The summed E-state index contributed by atoms with van der Waals surface area (Å²) in [6.45, 7) is 12.4. The summed E-state index contributed by atoms with van der Waals surface area (Å²) in [6.07, 6.45) is 6.69. The highest BCUT2D eigenvalue weighted by Gasteiger charge is 2.32. The van der Waals surface area contributed by atoms with Gasteiger partial charge in [0.25, 0.3) is 0 Å². The molecule has 0 saturated carbocycles. The molecule has 2 fully saturated rings. The summed E-state index contributed by atoms with van der Waals surface area (Å²) in [6, 6.07) is 0.779. The van der Waals surface area contributed by atoms with Crippen LogP contribution in [0.2, 0.25) is 0 Å². The Labute approximate surface area is 119 Å². The maximum Gasteiger partial charge on any atom is 0.00914 e. The minimum Gasteiger partial charge on any atom is -0.314 e. The molecule has 0 aromatic carbocycles. The molecule has 0 radical (unpaired) electrons. The second-order valence-corrected chi connectivity index (χ2v) is 7.12. The lowest BCUT2D eigenvalue weighted by atomic mass is 9.79. The molecule has 1 N–H and O–H groups in total. The summed E-state index contributed by atoms with van der Waals surface area (Å²) in [7, 11) is 2.25. The normalized spacial score (nSPS) is 26.7. The van der Waals surface area contributed by atoms with Gasteiger partial charge in [0.2, 0.25) is 0 Å². The largest absolute Gasteiger partial charge is 0.314 e. The highest BCUT2D eigenvalue weighted by Crippen LogP contribution is 2.32. The van der Waals surface area contributed by atoms with E-state index in [9.17, 15) is 0 Å². The molecule has 2 aliphatic heterocycles. The molecule has 2 rings (SSSR count). The fourth-order valence-electron chi connectivity index (χ4n) is 3.50. The average Bonchev–Trinajstić information content (AvgIpc) is 2.42.